The van der Waals surface area contributed by atoms with Crippen LogP contribution in [0.5, 0.6) is 0 Å². The van der Waals surface area contributed by atoms with E-state index in [9.17, 15) is 0 Å². The SMILES string of the molecule is Nc1cc(-c2ccnc(-c3cnc(N4CCCOCC4)nc3)c2)[nH]c1N1CCNCC1. The van der Waals surface area contributed by atoms with Gasteiger partial charge in [-0.3, -0.25) is 4.98 Å². The topological polar surface area (TPSA) is 108 Å². The molecule has 0 aliphatic carbocycles. The molecule has 2 aliphatic heterocycles. The van der Waals surface area contributed by atoms with Crippen molar-refractivity contribution < 1.29 is 4.74 Å². The lowest BCUT2D eigenvalue weighted by Crippen LogP contribution is -2.43. The van der Waals surface area contributed by atoms with Gasteiger partial charge in [-0.05, 0) is 24.6 Å². The fourth-order valence-corrected chi connectivity index (χ4v) is 4.08. The number of piperazine rings is 1. The number of nitrogens with one attached hydrogen (secondary N) is 2. The zero-order valence-electron chi connectivity index (χ0n) is 17.5. The van der Waals surface area contributed by atoms with Crippen molar-refractivity contribution in [1.82, 2.24) is 25.3 Å². The van der Waals surface area contributed by atoms with Gasteiger partial charge in [0.25, 0.3) is 0 Å². The molecule has 9 nitrogen and oxygen atoms in total. The highest BCUT2D eigenvalue weighted by Crippen LogP contribution is 2.31. The number of H-pyrrole nitrogens is 1. The number of nitrogens with two attached hydrogens (primary N) is 1. The summed E-state index contributed by atoms with van der Waals surface area (Å²) in [5.41, 5.74) is 10.8. The molecule has 31 heavy (non-hydrogen) atoms. The molecule has 2 saturated heterocycles. The van der Waals surface area contributed by atoms with Gasteiger partial charge in [0.2, 0.25) is 5.95 Å². The van der Waals surface area contributed by atoms with E-state index in [1.807, 2.05) is 36.8 Å². The molecule has 5 heterocycles. The van der Waals surface area contributed by atoms with Crippen LogP contribution in [0.1, 0.15) is 6.42 Å². The van der Waals surface area contributed by atoms with Crippen molar-refractivity contribution in [2.75, 3.05) is 68.0 Å². The number of anilines is 3. The Kier molecular flexibility index (Phi) is 5.68. The van der Waals surface area contributed by atoms with Crippen molar-refractivity contribution in [1.29, 1.82) is 0 Å². The van der Waals surface area contributed by atoms with Gasteiger partial charge in [-0.2, -0.15) is 0 Å². The van der Waals surface area contributed by atoms with E-state index in [4.69, 9.17) is 10.5 Å². The predicted molar refractivity (Wildman–Crippen MR) is 122 cm³/mol. The average Bonchev–Trinajstić information content (AvgIpc) is 3.03. The van der Waals surface area contributed by atoms with E-state index in [1.54, 1.807) is 0 Å². The molecule has 3 aromatic rings. The molecule has 5 rings (SSSR count). The highest BCUT2D eigenvalue weighted by molar-refractivity contribution is 5.76. The average molecular weight is 421 g/mol. The van der Waals surface area contributed by atoms with Crippen LogP contribution in [0.3, 0.4) is 0 Å². The molecule has 3 aromatic heterocycles. The molecule has 0 radical (unpaired) electrons. The van der Waals surface area contributed by atoms with Crippen LogP contribution in [0.4, 0.5) is 17.5 Å². The second-order valence-electron chi connectivity index (χ2n) is 7.88. The van der Waals surface area contributed by atoms with Gasteiger partial charge in [-0.15, -0.1) is 0 Å². The van der Waals surface area contributed by atoms with E-state index in [-0.39, 0.29) is 0 Å². The van der Waals surface area contributed by atoms with Crippen LogP contribution in [0.2, 0.25) is 0 Å². The molecule has 2 fully saturated rings. The van der Waals surface area contributed by atoms with Crippen molar-refractivity contribution in [3.63, 3.8) is 0 Å². The van der Waals surface area contributed by atoms with Crippen molar-refractivity contribution in [3.05, 3.63) is 36.8 Å². The largest absolute Gasteiger partial charge is 0.396 e. The smallest absolute Gasteiger partial charge is 0.225 e. The Morgan fingerprint density at radius 2 is 1.74 bits per heavy atom. The number of aromatic nitrogens is 4. The summed E-state index contributed by atoms with van der Waals surface area (Å²) in [6.45, 7) is 7.06. The summed E-state index contributed by atoms with van der Waals surface area (Å²) in [4.78, 5) is 21.7. The Morgan fingerprint density at radius 3 is 2.58 bits per heavy atom. The molecule has 0 atom stereocenters. The number of pyridine rings is 1. The number of nitrogens with zero attached hydrogens (tertiary/aromatic N) is 5. The van der Waals surface area contributed by atoms with E-state index >= 15 is 0 Å². The summed E-state index contributed by atoms with van der Waals surface area (Å²) in [5.74, 6) is 1.73. The Balaban J connectivity index is 1.37. The Labute approximate surface area is 181 Å². The maximum Gasteiger partial charge on any atom is 0.225 e. The standard InChI is InChI=1S/C22H28N8O/c23-18-13-20(28-21(18)29-7-4-24-5-8-29)16-2-3-25-19(12-16)17-14-26-22(27-15-17)30-6-1-10-31-11-9-30/h2-3,12-15,24,28H,1,4-11,23H2. The van der Waals surface area contributed by atoms with Crippen LogP contribution in [0, 0.1) is 0 Å². The van der Waals surface area contributed by atoms with Crippen LogP contribution >= 0.6 is 0 Å². The molecule has 9 heteroatoms. The van der Waals surface area contributed by atoms with Crippen molar-refractivity contribution in [2.24, 2.45) is 0 Å². The molecule has 0 bridgehead atoms. The van der Waals surface area contributed by atoms with E-state index in [0.717, 1.165) is 92.3 Å². The summed E-state index contributed by atoms with van der Waals surface area (Å²) in [6.07, 6.45) is 6.49. The highest BCUT2D eigenvalue weighted by Gasteiger charge is 2.17. The van der Waals surface area contributed by atoms with Gasteiger partial charge >= 0.3 is 0 Å². The molecular weight excluding hydrogens is 392 g/mol. The summed E-state index contributed by atoms with van der Waals surface area (Å²) in [5, 5.41) is 3.37. The summed E-state index contributed by atoms with van der Waals surface area (Å²) in [6, 6.07) is 6.03. The zero-order valence-corrected chi connectivity index (χ0v) is 17.5. The van der Waals surface area contributed by atoms with Crippen molar-refractivity contribution >= 4 is 17.5 Å². The lowest BCUT2D eigenvalue weighted by Gasteiger charge is -2.28. The zero-order chi connectivity index (χ0) is 21.0. The molecule has 2 aliphatic rings. The third kappa shape index (κ3) is 4.33. The molecule has 0 amide bonds. The first-order valence-corrected chi connectivity index (χ1v) is 10.8. The van der Waals surface area contributed by atoms with Crippen LogP contribution in [-0.2, 0) is 4.74 Å². The maximum atomic E-state index is 6.31. The highest BCUT2D eigenvalue weighted by atomic mass is 16.5. The number of rotatable bonds is 4. The third-order valence-corrected chi connectivity index (χ3v) is 5.77. The third-order valence-electron chi connectivity index (χ3n) is 5.77. The van der Waals surface area contributed by atoms with Gasteiger partial charge in [0.1, 0.15) is 5.82 Å². The quantitative estimate of drug-likeness (QED) is 0.586. The number of hydrogen-bond acceptors (Lipinski definition) is 8. The minimum atomic E-state index is 0.712. The van der Waals surface area contributed by atoms with Crippen LogP contribution in [-0.4, -0.2) is 72.4 Å². The molecule has 0 aromatic carbocycles. The van der Waals surface area contributed by atoms with E-state index in [0.29, 0.717) is 6.61 Å². The maximum absolute atomic E-state index is 6.31. The van der Waals surface area contributed by atoms with Crippen molar-refractivity contribution in [2.45, 2.75) is 6.42 Å². The lowest BCUT2D eigenvalue weighted by atomic mass is 10.1. The first kappa shape index (κ1) is 19.8. The molecule has 0 unspecified atom stereocenters. The molecule has 4 N–H and O–H groups in total. The molecule has 162 valence electrons. The monoisotopic (exact) mass is 420 g/mol. The number of hydrogen-bond donors (Lipinski definition) is 3. The lowest BCUT2D eigenvalue weighted by molar-refractivity contribution is 0.152. The summed E-state index contributed by atoms with van der Waals surface area (Å²) in [7, 11) is 0. The second kappa shape index (κ2) is 8.91. The minimum absolute atomic E-state index is 0.712. The fraction of sp³-hybridized carbons (Fsp3) is 0.409. The fourth-order valence-electron chi connectivity index (χ4n) is 4.08. The predicted octanol–water partition coefficient (Wildman–Crippen LogP) is 1.75. The normalized spacial score (nSPS) is 17.5. The van der Waals surface area contributed by atoms with E-state index in [2.05, 4.69) is 35.1 Å². The summed E-state index contributed by atoms with van der Waals surface area (Å²) >= 11 is 0. The minimum Gasteiger partial charge on any atom is -0.396 e. The molecule has 0 saturated carbocycles. The van der Waals surface area contributed by atoms with E-state index < -0.39 is 0 Å². The first-order chi connectivity index (χ1) is 15.3. The number of ether oxygens (including phenoxy) is 1. The Morgan fingerprint density at radius 1 is 0.903 bits per heavy atom. The van der Waals surface area contributed by atoms with Gasteiger partial charge < -0.3 is 30.6 Å². The van der Waals surface area contributed by atoms with Crippen LogP contribution in [0.25, 0.3) is 22.5 Å². The number of nitrogen functional groups attached to an aromatic ring is 1. The van der Waals surface area contributed by atoms with E-state index in [1.165, 1.54) is 0 Å². The van der Waals surface area contributed by atoms with Gasteiger partial charge in [-0.25, -0.2) is 9.97 Å². The molecule has 0 spiro atoms. The van der Waals surface area contributed by atoms with Gasteiger partial charge in [0, 0.05) is 81.3 Å². The van der Waals surface area contributed by atoms with Crippen LogP contribution < -0.4 is 20.9 Å². The Hall–Kier alpha value is -3.17. The molecular formula is C22H28N8O. The first-order valence-electron chi connectivity index (χ1n) is 10.8. The van der Waals surface area contributed by atoms with Gasteiger partial charge in [-0.1, -0.05) is 0 Å². The van der Waals surface area contributed by atoms with Gasteiger partial charge in [0.15, 0.2) is 0 Å². The van der Waals surface area contributed by atoms with Crippen molar-refractivity contribution in [3.8, 4) is 22.5 Å². The summed E-state index contributed by atoms with van der Waals surface area (Å²) < 4.78 is 5.52. The number of aromatic amines is 1. The second-order valence-corrected chi connectivity index (χ2v) is 7.88. The van der Waals surface area contributed by atoms with Gasteiger partial charge in [0.05, 0.1) is 18.0 Å². The Bertz CT molecular complexity index is 1000. The van der Waals surface area contributed by atoms with Crippen LogP contribution in [0.15, 0.2) is 36.8 Å².